The predicted molar refractivity (Wildman–Crippen MR) is 103 cm³/mol. The van der Waals surface area contributed by atoms with Gasteiger partial charge in [0.15, 0.2) is 6.23 Å². The predicted octanol–water partition coefficient (Wildman–Crippen LogP) is -1.07. The second-order valence-corrected chi connectivity index (χ2v) is 10.9. The number of phosphoric acid groups is 3. The molecular weight excluding hydrogens is 503 g/mol. The minimum absolute atomic E-state index is 0.350. The topological polar surface area (TPSA) is 237 Å². The van der Waals surface area contributed by atoms with Crippen molar-refractivity contribution in [3.05, 3.63) is 22.7 Å². The number of nitrogens with zero attached hydrogens (tertiary/aromatic N) is 3. The Kier molecular flexibility index (Phi) is 8.57. The second kappa shape index (κ2) is 10.1. The molecule has 0 spiro atoms. The summed E-state index contributed by atoms with van der Waals surface area (Å²) >= 11 is 0. The maximum atomic E-state index is 12.3. The van der Waals surface area contributed by atoms with E-state index in [9.17, 15) is 28.5 Å². The molecule has 1 aliphatic heterocycles. The van der Waals surface area contributed by atoms with Crippen LogP contribution in [-0.4, -0.2) is 80.4 Å². The van der Waals surface area contributed by atoms with E-state index < -0.39 is 60.3 Å². The molecule has 1 saturated heterocycles. The van der Waals surface area contributed by atoms with Crippen molar-refractivity contribution >= 4 is 29.3 Å². The van der Waals surface area contributed by atoms with Crippen LogP contribution in [0.3, 0.4) is 0 Å². The quantitative estimate of drug-likeness (QED) is 0.229. The Bertz CT molecular complexity index is 1010. The third kappa shape index (κ3) is 7.23. The number of rotatable bonds is 10. The number of methoxy groups -OCH3 is 1. The van der Waals surface area contributed by atoms with Gasteiger partial charge in [0.25, 0.3) is 0 Å². The Morgan fingerprint density at radius 3 is 2.28 bits per heavy atom. The molecule has 32 heavy (non-hydrogen) atoms. The van der Waals surface area contributed by atoms with Crippen LogP contribution in [0.15, 0.2) is 17.1 Å². The maximum Gasteiger partial charge on any atom is 0.490 e. The van der Waals surface area contributed by atoms with E-state index in [4.69, 9.17) is 24.2 Å². The molecule has 20 heteroatoms. The summed E-state index contributed by atoms with van der Waals surface area (Å²) in [7, 11) is -12.1. The summed E-state index contributed by atoms with van der Waals surface area (Å²) < 4.78 is 57.1. The van der Waals surface area contributed by atoms with E-state index >= 15 is 0 Å². The van der Waals surface area contributed by atoms with Gasteiger partial charge in [0, 0.05) is 27.4 Å². The zero-order valence-corrected chi connectivity index (χ0v) is 19.4. The van der Waals surface area contributed by atoms with Crippen molar-refractivity contribution in [1.29, 1.82) is 0 Å². The standard InChI is InChI=1S/C12H22N3O14P3/c1-14(2)8-4-5-15(12(17)13-8)11-10(25-3)9(16)7(27-11)6-26-31(21,22)29-32(23,24)28-30(18,19)20/h4-5,7,9-11,16H,6H2,1-3H3,(H,21,22)(H,23,24)(H2,18,19,20)/t7-,9+,10?,11-/m1/s1. The van der Waals surface area contributed by atoms with E-state index in [1.54, 1.807) is 19.0 Å². The molecule has 2 heterocycles. The molecule has 5 N–H and O–H groups in total. The van der Waals surface area contributed by atoms with Gasteiger partial charge in [-0.1, -0.05) is 0 Å². The average Bonchev–Trinajstić information content (AvgIpc) is 2.92. The van der Waals surface area contributed by atoms with Crippen molar-refractivity contribution in [1.82, 2.24) is 9.55 Å². The first-order valence-electron chi connectivity index (χ1n) is 8.46. The average molecular weight is 525 g/mol. The lowest BCUT2D eigenvalue weighted by atomic mass is 10.1. The molecule has 0 amide bonds. The van der Waals surface area contributed by atoms with E-state index in [1.165, 1.54) is 19.4 Å². The minimum Gasteiger partial charge on any atom is -0.387 e. The summed E-state index contributed by atoms with van der Waals surface area (Å²) in [5, 5.41) is 10.4. The van der Waals surface area contributed by atoms with Gasteiger partial charge in [0.1, 0.15) is 24.1 Å². The van der Waals surface area contributed by atoms with E-state index in [1.807, 2.05) is 0 Å². The van der Waals surface area contributed by atoms with Crippen molar-refractivity contribution < 1.29 is 61.0 Å². The minimum atomic E-state index is -5.70. The smallest absolute Gasteiger partial charge is 0.387 e. The Labute approximate surface area is 180 Å². The third-order valence-corrected chi connectivity index (χ3v) is 7.75. The van der Waals surface area contributed by atoms with Gasteiger partial charge in [0.2, 0.25) is 0 Å². The highest BCUT2D eigenvalue weighted by atomic mass is 31.3. The van der Waals surface area contributed by atoms with Gasteiger partial charge >= 0.3 is 29.2 Å². The van der Waals surface area contributed by atoms with Crippen LogP contribution in [0.4, 0.5) is 5.82 Å². The van der Waals surface area contributed by atoms with Crippen LogP contribution < -0.4 is 10.6 Å². The SMILES string of the molecule is COC1[C@@H](O)[C@@H](COP(=O)(O)OP(=O)(O)OP(=O)(O)O)O[C@H]1n1ccc(N(C)C)nc1=O. The number of aliphatic hydroxyl groups excluding tert-OH is 1. The Balaban J connectivity index is 2.12. The highest BCUT2D eigenvalue weighted by Gasteiger charge is 2.47. The molecule has 0 saturated carbocycles. The number of hydrogen-bond acceptors (Lipinski definition) is 12. The molecule has 1 aromatic rings. The zero-order valence-electron chi connectivity index (χ0n) is 16.8. The first kappa shape index (κ1) is 27.2. The summed E-state index contributed by atoms with van der Waals surface area (Å²) in [5.74, 6) is 0.350. The number of phosphoric ester groups is 1. The first-order valence-corrected chi connectivity index (χ1v) is 13.0. The van der Waals surface area contributed by atoms with E-state index in [0.717, 1.165) is 4.57 Å². The number of anilines is 1. The van der Waals surface area contributed by atoms with Crippen LogP contribution in [0, 0.1) is 0 Å². The molecule has 1 aromatic heterocycles. The lowest BCUT2D eigenvalue weighted by molar-refractivity contribution is -0.0619. The Hall–Kier alpha value is -1.03. The highest BCUT2D eigenvalue weighted by molar-refractivity contribution is 7.66. The third-order valence-electron chi connectivity index (χ3n) is 3.95. The largest absolute Gasteiger partial charge is 0.490 e. The van der Waals surface area contributed by atoms with Crippen molar-refractivity contribution in [2.75, 3.05) is 32.7 Å². The summed E-state index contributed by atoms with van der Waals surface area (Å²) in [6, 6.07) is 1.49. The van der Waals surface area contributed by atoms with Gasteiger partial charge in [-0.25, -0.2) is 18.5 Å². The van der Waals surface area contributed by atoms with Gasteiger partial charge in [-0.15, -0.1) is 0 Å². The summed E-state index contributed by atoms with van der Waals surface area (Å²) in [6.45, 7) is -0.917. The van der Waals surface area contributed by atoms with E-state index in [-0.39, 0.29) is 0 Å². The van der Waals surface area contributed by atoms with Crippen molar-refractivity contribution in [3.8, 4) is 0 Å². The Morgan fingerprint density at radius 2 is 1.78 bits per heavy atom. The number of ether oxygens (including phenoxy) is 2. The second-order valence-electron chi connectivity index (χ2n) is 6.51. The fourth-order valence-corrected chi connectivity index (χ4v) is 5.68. The number of hydrogen-bond donors (Lipinski definition) is 5. The molecule has 1 aliphatic rings. The molecule has 0 aliphatic carbocycles. The zero-order chi connectivity index (χ0) is 24.5. The van der Waals surface area contributed by atoms with Crippen LogP contribution in [-0.2, 0) is 36.3 Å². The van der Waals surface area contributed by atoms with Crippen LogP contribution in [0.5, 0.6) is 0 Å². The molecule has 0 aromatic carbocycles. The summed E-state index contributed by atoms with van der Waals surface area (Å²) in [6.07, 6.45) is -3.93. The van der Waals surface area contributed by atoms with Crippen LogP contribution >= 0.6 is 23.5 Å². The normalized spacial score (nSPS) is 27.6. The van der Waals surface area contributed by atoms with Gasteiger partial charge in [-0.05, 0) is 6.07 Å². The van der Waals surface area contributed by atoms with E-state index in [0.29, 0.717) is 5.82 Å². The fourth-order valence-electron chi connectivity index (χ4n) is 2.65. The molecule has 0 radical (unpaired) electrons. The van der Waals surface area contributed by atoms with Gasteiger partial charge in [0.05, 0.1) is 6.61 Å². The van der Waals surface area contributed by atoms with Crippen molar-refractivity contribution in [2.24, 2.45) is 0 Å². The number of aromatic nitrogens is 2. The van der Waals surface area contributed by atoms with Crippen molar-refractivity contribution in [2.45, 2.75) is 24.5 Å². The lowest BCUT2D eigenvalue weighted by Gasteiger charge is -2.21. The fraction of sp³-hybridized carbons (Fsp3) is 0.667. The van der Waals surface area contributed by atoms with Crippen molar-refractivity contribution in [3.63, 3.8) is 0 Å². The van der Waals surface area contributed by atoms with Crippen LogP contribution in [0.25, 0.3) is 0 Å². The molecule has 0 bridgehead atoms. The monoisotopic (exact) mass is 525 g/mol. The van der Waals surface area contributed by atoms with E-state index in [2.05, 4.69) is 18.1 Å². The summed E-state index contributed by atoms with van der Waals surface area (Å²) in [4.78, 5) is 53.5. The molecule has 184 valence electrons. The molecular formula is C12H22N3O14P3. The van der Waals surface area contributed by atoms with Crippen LogP contribution in [0.2, 0.25) is 0 Å². The maximum absolute atomic E-state index is 12.3. The Morgan fingerprint density at radius 1 is 1.16 bits per heavy atom. The molecule has 2 rings (SSSR count). The molecule has 6 atom stereocenters. The van der Waals surface area contributed by atoms with Gasteiger partial charge < -0.3 is 39.1 Å². The number of aliphatic hydroxyl groups is 1. The molecule has 17 nitrogen and oxygen atoms in total. The first-order chi connectivity index (χ1) is 14.6. The molecule has 3 unspecified atom stereocenters. The highest BCUT2D eigenvalue weighted by Crippen LogP contribution is 2.66. The van der Waals surface area contributed by atoms with Crippen LogP contribution in [0.1, 0.15) is 6.23 Å². The lowest BCUT2D eigenvalue weighted by Crippen LogP contribution is -2.37. The summed E-state index contributed by atoms with van der Waals surface area (Å²) in [5.41, 5.74) is -0.746. The van der Waals surface area contributed by atoms with Gasteiger partial charge in [-0.2, -0.15) is 13.6 Å². The van der Waals surface area contributed by atoms with Gasteiger partial charge in [-0.3, -0.25) is 9.09 Å². The molecule has 1 fully saturated rings.